The summed E-state index contributed by atoms with van der Waals surface area (Å²) >= 11 is 0. The molecule has 1 rings (SSSR count). The third-order valence-corrected chi connectivity index (χ3v) is 2.01. The molecule has 1 amide bonds. The van der Waals surface area contributed by atoms with Gasteiger partial charge in [0.15, 0.2) is 0 Å². The number of ether oxygens (including phenoxy) is 1. The molecule has 0 aliphatic carbocycles. The number of nitrogens with one attached hydrogen (secondary N) is 1. The fraction of sp³-hybridized carbons (Fsp3) is 0.333. The summed E-state index contributed by atoms with van der Waals surface area (Å²) in [6.45, 7) is 0.476. The van der Waals surface area contributed by atoms with Crippen LogP contribution >= 0.6 is 0 Å². The molecule has 0 saturated heterocycles. The van der Waals surface area contributed by atoms with E-state index in [0.29, 0.717) is 11.3 Å². The van der Waals surface area contributed by atoms with E-state index in [-0.39, 0.29) is 32.1 Å². The molecule has 90 valence electrons. The molecule has 0 fully saturated rings. The molecule has 0 aromatic heterocycles. The van der Waals surface area contributed by atoms with Crippen molar-refractivity contribution >= 4 is 11.6 Å². The molecule has 0 spiro atoms. The van der Waals surface area contributed by atoms with Crippen LogP contribution in [0.5, 0.6) is 0 Å². The van der Waals surface area contributed by atoms with Crippen LogP contribution in [0, 0.1) is 11.3 Å². The van der Waals surface area contributed by atoms with Gasteiger partial charge >= 0.3 is 0 Å². The van der Waals surface area contributed by atoms with E-state index in [4.69, 9.17) is 15.1 Å². The Morgan fingerprint density at radius 2 is 2.06 bits per heavy atom. The molecule has 2 N–H and O–H groups in total. The molecule has 0 atom stereocenters. The fourth-order valence-electron chi connectivity index (χ4n) is 1.18. The number of aliphatic hydroxyl groups excluding tert-OH is 1. The first-order valence-corrected chi connectivity index (χ1v) is 5.25. The van der Waals surface area contributed by atoms with Crippen molar-refractivity contribution in [2.45, 2.75) is 6.42 Å². The van der Waals surface area contributed by atoms with Crippen LogP contribution in [0.25, 0.3) is 0 Å². The fourth-order valence-corrected chi connectivity index (χ4v) is 1.18. The van der Waals surface area contributed by atoms with Crippen molar-refractivity contribution in [1.82, 2.24) is 0 Å². The Balaban J connectivity index is 2.32. The zero-order valence-corrected chi connectivity index (χ0v) is 9.35. The average Bonchev–Trinajstić information content (AvgIpc) is 2.36. The topological polar surface area (TPSA) is 82.4 Å². The van der Waals surface area contributed by atoms with Crippen LogP contribution in [0.15, 0.2) is 24.3 Å². The number of nitriles is 1. The maximum atomic E-state index is 11.4. The Hall–Kier alpha value is -1.90. The molecule has 0 unspecified atom stereocenters. The predicted molar refractivity (Wildman–Crippen MR) is 62.3 cm³/mol. The van der Waals surface area contributed by atoms with Crippen LogP contribution in [0.3, 0.4) is 0 Å². The number of nitrogens with zero attached hydrogens (tertiary/aromatic N) is 1. The van der Waals surface area contributed by atoms with Gasteiger partial charge in [0.05, 0.1) is 37.9 Å². The van der Waals surface area contributed by atoms with Crippen LogP contribution in [0.1, 0.15) is 12.0 Å². The monoisotopic (exact) mass is 234 g/mol. The standard InChI is InChI=1S/C12H14N2O3/c13-9-10-1-3-11(4-2-10)14-12(16)5-7-17-8-6-15/h1-4,15H,5-8H2,(H,14,16). The Morgan fingerprint density at radius 3 is 2.65 bits per heavy atom. The minimum absolute atomic E-state index is 0.0444. The van der Waals surface area contributed by atoms with E-state index < -0.39 is 0 Å². The highest BCUT2D eigenvalue weighted by molar-refractivity contribution is 5.90. The van der Waals surface area contributed by atoms with Crippen LogP contribution in [0.4, 0.5) is 5.69 Å². The number of amides is 1. The molecule has 0 radical (unpaired) electrons. The van der Waals surface area contributed by atoms with E-state index in [0.717, 1.165) is 0 Å². The Morgan fingerprint density at radius 1 is 1.35 bits per heavy atom. The molecule has 1 aromatic carbocycles. The van der Waals surface area contributed by atoms with Gasteiger partial charge in [-0.15, -0.1) is 0 Å². The first kappa shape index (κ1) is 13.2. The Bertz CT molecular complexity index is 395. The number of aliphatic hydroxyl groups is 1. The molecule has 0 bridgehead atoms. The number of hydrogen-bond acceptors (Lipinski definition) is 4. The molecule has 0 aliphatic heterocycles. The maximum absolute atomic E-state index is 11.4. The summed E-state index contributed by atoms with van der Waals surface area (Å²) in [5.74, 6) is -0.160. The molecule has 0 saturated carbocycles. The van der Waals surface area contributed by atoms with Crippen molar-refractivity contribution in [3.63, 3.8) is 0 Å². The summed E-state index contributed by atoms with van der Waals surface area (Å²) in [4.78, 5) is 11.4. The summed E-state index contributed by atoms with van der Waals surface area (Å²) in [5, 5.41) is 19.7. The number of carbonyl (C=O) groups is 1. The lowest BCUT2D eigenvalue weighted by Gasteiger charge is -2.05. The van der Waals surface area contributed by atoms with Crippen molar-refractivity contribution in [3.8, 4) is 6.07 Å². The molecular weight excluding hydrogens is 220 g/mol. The maximum Gasteiger partial charge on any atom is 0.226 e. The zero-order chi connectivity index (χ0) is 12.5. The van der Waals surface area contributed by atoms with Crippen LogP contribution in [0.2, 0.25) is 0 Å². The molecule has 0 heterocycles. The number of hydrogen-bond donors (Lipinski definition) is 2. The third-order valence-electron chi connectivity index (χ3n) is 2.01. The summed E-state index contributed by atoms with van der Waals surface area (Å²) in [5.41, 5.74) is 1.20. The van der Waals surface area contributed by atoms with Crippen LogP contribution in [-0.2, 0) is 9.53 Å². The van der Waals surface area contributed by atoms with Gasteiger partial charge < -0.3 is 15.2 Å². The van der Waals surface area contributed by atoms with Crippen molar-refractivity contribution < 1.29 is 14.6 Å². The quantitative estimate of drug-likeness (QED) is 0.716. The highest BCUT2D eigenvalue weighted by Gasteiger charge is 2.02. The number of carbonyl (C=O) groups excluding carboxylic acids is 1. The smallest absolute Gasteiger partial charge is 0.226 e. The van der Waals surface area contributed by atoms with E-state index in [2.05, 4.69) is 5.32 Å². The second-order valence-electron chi connectivity index (χ2n) is 3.32. The van der Waals surface area contributed by atoms with Crippen molar-refractivity contribution in [3.05, 3.63) is 29.8 Å². The van der Waals surface area contributed by atoms with Gasteiger partial charge in [0.2, 0.25) is 5.91 Å². The van der Waals surface area contributed by atoms with Gasteiger partial charge in [-0.2, -0.15) is 5.26 Å². The summed E-state index contributed by atoms with van der Waals surface area (Å²) in [7, 11) is 0. The molecule has 0 aliphatic rings. The molecular formula is C12H14N2O3. The van der Waals surface area contributed by atoms with Crippen molar-refractivity contribution in [2.75, 3.05) is 25.1 Å². The second kappa shape index (κ2) is 7.39. The highest BCUT2D eigenvalue weighted by Crippen LogP contribution is 2.08. The summed E-state index contributed by atoms with van der Waals surface area (Å²) in [6.07, 6.45) is 0.236. The van der Waals surface area contributed by atoms with E-state index in [9.17, 15) is 4.79 Å². The predicted octanol–water partition coefficient (Wildman–Crippen LogP) is 0.896. The minimum atomic E-state index is -0.160. The lowest BCUT2D eigenvalue weighted by atomic mass is 10.2. The first-order chi connectivity index (χ1) is 8.26. The Kier molecular flexibility index (Phi) is 5.72. The van der Waals surface area contributed by atoms with Gasteiger partial charge in [-0.25, -0.2) is 0 Å². The average molecular weight is 234 g/mol. The van der Waals surface area contributed by atoms with Gasteiger partial charge in [0.1, 0.15) is 0 Å². The summed E-state index contributed by atoms with van der Waals surface area (Å²) < 4.78 is 4.97. The van der Waals surface area contributed by atoms with E-state index in [1.54, 1.807) is 24.3 Å². The van der Waals surface area contributed by atoms with Crippen LogP contribution in [-0.4, -0.2) is 30.8 Å². The first-order valence-electron chi connectivity index (χ1n) is 5.25. The van der Waals surface area contributed by atoms with Crippen molar-refractivity contribution in [2.24, 2.45) is 0 Å². The number of rotatable bonds is 6. The van der Waals surface area contributed by atoms with E-state index in [1.165, 1.54) is 0 Å². The third kappa shape index (κ3) is 5.11. The molecule has 5 heteroatoms. The molecule has 1 aromatic rings. The minimum Gasteiger partial charge on any atom is -0.394 e. The Labute approximate surface area is 99.6 Å². The highest BCUT2D eigenvalue weighted by atomic mass is 16.5. The molecule has 17 heavy (non-hydrogen) atoms. The van der Waals surface area contributed by atoms with E-state index >= 15 is 0 Å². The van der Waals surface area contributed by atoms with Gasteiger partial charge in [0, 0.05) is 5.69 Å². The van der Waals surface area contributed by atoms with Gasteiger partial charge in [-0.05, 0) is 24.3 Å². The number of anilines is 1. The number of benzene rings is 1. The van der Waals surface area contributed by atoms with Gasteiger partial charge in [0.25, 0.3) is 0 Å². The zero-order valence-electron chi connectivity index (χ0n) is 9.35. The lowest BCUT2D eigenvalue weighted by molar-refractivity contribution is -0.117. The largest absolute Gasteiger partial charge is 0.394 e. The summed E-state index contributed by atoms with van der Waals surface area (Å²) in [6, 6.07) is 8.62. The molecule has 5 nitrogen and oxygen atoms in total. The van der Waals surface area contributed by atoms with Gasteiger partial charge in [-0.3, -0.25) is 4.79 Å². The lowest BCUT2D eigenvalue weighted by Crippen LogP contribution is -2.14. The second-order valence-corrected chi connectivity index (χ2v) is 3.32. The van der Waals surface area contributed by atoms with Crippen molar-refractivity contribution in [1.29, 1.82) is 5.26 Å². The normalized spacial score (nSPS) is 9.65. The SMILES string of the molecule is N#Cc1ccc(NC(=O)CCOCCO)cc1. The van der Waals surface area contributed by atoms with Gasteiger partial charge in [-0.1, -0.05) is 0 Å². The van der Waals surface area contributed by atoms with Crippen LogP contribution < -0.4 is 5.32 Å². The van der Waals surface area contributed by atoms with E-state index in [1.807, 2.05) is 6.07 Å².